The molecule has 180 valence electrons. The summed E-state index contributed by atoms with van der Waals surface area (Å²) in [7, 11) is 1.72. The number of rotatable bonds is 8. The van der Waals surface area contributed by atoms with Crippen LogP contribution in [0.1, 0.15) is 32.4 Å². The Morgan fingerprint density at radius 2 is 1.21 bits per heavy atom. The first-order chi connectivity index (χ1) is 15.7. The Hall–Kier alpha value is -1.52. The van der Waals surface area contributed by atoms with E-state index in [2.05, 4.69) is 111 Å². The molecule has 0 aliphatic rings. The fourth-order valence-electron chi connectivity index (χ4n) is 4.00. The van der Waals surface area contributed by atoms with Crippen molar-refractivity contribution in [2.75, 3.05) is 19.4 Å². The maximum atomic E-state index is 2.62. The zero-order valence-corrected chi connectivity index (χ0v) is 23.0. The molecule has 4 aromatic rings. The van der Waals surface area contributed by atoms with Crippen LogP contribution in [0.2, 0.25) is 0 Å². The normalized spacial score (nSPS) is 11.7. The van der Waals surface area contributed by atoms with Crippen LogP contribution < -0.4 is 15.9 Å². The predicted molar refractivity (Wildman–Crippen MR) is 147 cm³/mol. The fraction of sp³-hybridized carbons (Fsp3) is 0.241. The number of nitrogens with zero attached hydrogens (tertiary/aromatic N) is 1. The van der Waals surface area contributed by atoms with Crippen molar-refractivity contribution in [3.05, 3.63) is 115 Å². The van der Waals surface area contributed by atoms with Gasteiger partial charge in [0.05, 0.1) is 0 Å². The van der Waals surface area contributed by atoms with Gasteiger partial charge < -0.3 is 30.3 Å². The van der Waals surface area contributed by atoms with E-state index in [0.717, 1.165) is 0 Å². The van der Waals surface area contributed by atoms with Gasteiger partial charge in [-0.05, 0) is 52.0 Å². The van der Waals surface area contributed by atoms with Gasteiger partial charge in [-0.2, -0.15) is 6.07 Å². The predicted octanol–water partition coefficient (Wildman–Crippen LogP) is 7.00. The second-order valence-electron chi connectivity index (χ2n) is 7.72. The number of hydrogen-bond donors (Lipinski definition) is 0. The Morgan fingerprint density at radius 1 is 0.758 bits per heavy atom. The molecule has 0 fully saturated rings. The van der Waals surface area contributed by atoms with Gasteiger partial charge >= 0.3 is 0 Å². The van der Waals surface area contributed by atoms with E-state index in [-0.39, 0.29) is 25.1 Å². The maximum Gasteiger partial charge on any atom is 0 e. The van der Waals surface area contributed by atoms with Crippen molar-refractivity contribution in [1.29, 1.82) is 0 Å². The Morgan fingerprint density at radius 3 is 1.64 bits per heavy atom. The summed E-state index contributed by atoms with van der Waals surface area (Å²) in [6.45, 7) is 7.03. The van der Waals surface area contributed by atoms with Gasteiger partial charge in [0.1, 0.15) is 0 Å². The minimum atomic E-state index is -0.534. The van der Waals surface area contributed by atoms with E-state index >= 15 is 0 Å². The quantitative estimate of drug-likeness (QED) is 0.139. The van der Waals surface area contributed by atoms with E-state index < -0.39 is 7.92 Å². The van der Waals surface area contributed by atoms with E-state index in [4.69, 9.17) is 0 Å². The molecule has 0 unspecified atom stereocenters. The third-order valence-electron chi connectivity index (χ3n) is 5.84. The molecule has 4 aromatic carbocycles. The summed E-state index contributed by atoms with van der Waals surface area (Å²) in [5, 5.41) is 4.35. The minimum Gasteiger partial charge on any atom is -0.748 e. The van der Waals surface area contributed by atoms with Gasteiger partial charge in [-0.15, -0.1) is 10.9 Å². The molecular formula is C29H35FeNP2-6. The van der Waals surface area contributed by atoms with Gasteiger partial charge in [0.15, 0.2) is 0 Å². The molecular weight excluding hydrogens is 480 g/mol. The molecule has 0 bridgehead atoms. The molecule has 4 rings (SSSR count). The van der Waals surface area contributed by atoms with Crippen LogP contribution in [0.5, 0.6) is 0 Å². The summed E-state index contributed by atoms with van der Waals surface area (Å²) in [6.07, 6.45) is 2.52. The van der Waals surface area contributed by atoms with Crippen molar-refractivity contribution in [3.63, 3.8) is 0 Å². The topological polar surface area (TPSA) is 3.24 Å². The zero-order valence-electron chi connectivity index (χ0n) is 20.1. The number of benzene rings is 2. The van der Waals surface area contributed by atoms with Crippen molar-refractivity contribution in [1.82, 2.24) is 4.67 Å². The second kappa shape index (κ2) is 14.7. The van der Waals surface area contributed by atoms with Crippen molar-refractivity contribution >= 4 is 31.9 Å². The summed E-state index contributed by atoms with van der Waals surface area (Å²) in [6, 6.07) is 39.4. The number of hydrogen-bond acceptors (Lipinski definition) is 1. The van der Waals surface area contributed by atoms with Crippen LogP contribution in [0.4, 0.5) is 0 Å². The molecule has 0 spiro atoms. The fourth-order valence-corrected chi connectivity index (χ4v) is 8.50. The monoisotopic (exact) mass is 515 g/mol. The molecule has 0 saturated heterocycles. The van der Waals surface area contributed by atoms with Gasteiger partial charge in [0.2, 0.25) is 0 Å². The first-order valence-corrected chi connectivity index (χ1v) is 14.5. The molecule has 1 nitrogen and oxygen atoms in total. The Labute approximate surface area is 214 Å². The van der Waals surface area contributed by atoms with E-state index in [1.54, 1.807) is 0 Å². The first-order valence-electron chi connectivity index (χ1n) is 11.5. The van der Waals surface area contributed by atoms with Gasteiger partial charge in [0, 0.05) is 17.1 Å². The molecule has 0 radical (unpaired) electrons. The smallest absolute Gasteiger partial charge is 0 e. The van der Waals surface area contributed by atoms with Crippen molar-refractivity contribution < 1.29 is 17.1 Å². The molecule has 0 heterocycles. The summed E-state index contributed by atoms with van der Waals surface area (Å²) in [5.74, 6) is 0. The van der Waals surface area contributed by atoms with Crippen molar-refractivity contribution in [3.8, 4) is 0 Å². The van der Waals surface area contributed by atoms with E-state index in [1.165, 1.54) is 33.8 Å². The van der Waals surface area contributed by atoms with Crippen LogP contribution in [0.25, 0.3) is 0 Å². The van der Waals surface area contributed by atoms with Crippen LogP contribution in [-0.2, 0) is 17.1 Å². The maximum absolute atomic E-state index is 2.62. The zero-order chi connectivity index (χ0) is 22.8. The summed E-state index contributed by atoms with van der Waals surface area (Å²) in [4.78, 5) is 0. The first kappa shape index (κ1) is 27.7. The Balaban J connectivity index is 0.000000568. The van der Waals surface area contributed by atoms with Gasteiger partial charge in [0.25, 0.3) is 0 Å². The van der Waals surface area contributed by atoms with Crippen LogP contribution in [0.15, 0.2) is 109 Å². The minimum absolute atomic E-state index is 0. The summed E-state index contributed by atoms with van der Waals surface area (Å²) < 4.78 is 2.62. The van der Waals surface area contributed by atoms with Crippen LogP contribution in [-0.4, -0.2) is 24.0 Å². The van der Waals surface area contributed by atoms with Gasteiger partial charge in [-0.3, -0.25) is 4.67 Å². The molecule has 4 heteroatoms. The van der Waals surface area contributed by atoms with Crippen molar-refractivity contribution in [2.45, 2.75) is 26.8 Å². The SMILES string of the molecule is CCP(CC)N(C)[C@@H](C)[c-]1cccc1P(c1ccccc1)c1ccccc1.[Fe].[cH-]1[cH-][cH-][cH-][cH-]1. The average molecular weight is 515 g/mol. The molecule has 0 N–H and O–H groups in total. The molecule has 33 heavy (non-hydrogen) atoms. The molecule has 1 atom stereocenters. The Kier molecular flexibility index (Phi) is 12.3. The third kappa shape index (κ3) is 7.48. The van der Waals surface area contributed by atoms with E-state index in [1.807, 2.05) is 30.3 Å². The van der Waals surface area contributed by atoms with Crippen molar-refractivity contribution in [2.24, 2.45) is 0 Å². The molecule has 0 aliphatic heterocycles. The molecule has 0 saturated carbocycles. The van der Waals surface area contributed by atoms with Gasteiger partial charge in [-0.1, -0.05) is 81.4 Å². The average Bonchev–Trinajstić information content (AvgIpc) is 3.57. The molecule has 0 aromatic heterocycles. The third-order valence-corrected chi connectivity index (χ3v) is 11.1. The van der Waals surface area contributed by atoms with Gasteiger partial charge in [-0.25, -0.2) is 12.1 Å². The van der Waals surface area contributed by atoms with Crippen LogP contribution in [0.3, 0.4) is 0 Å². The molecule has 0 amide bonds. The van der Waals surface area contributed by atoms with Crippen LogP contribution in [0, 0.1) is 0 Å². The van der Waals surface area contributed by atoms with Crippen LogP contribution >= 0.6 is 16.0 Å². The van der Waals surface area contributed by atoms with E-state index in [9.17, 15) is 0 Å². The van der Waals surface area contributed by atoms with E-state index in [0.29, 0.717) is 6.04 Å². The largest absolute Gasteiger partial charge is 0.748 e. The summed E-state index contributed by atoms with van der Waals surface area (Å²) >= 11 is 0. The Bertz CT molecular complexity index is 938. The standard InChI is InChI=1S/C24H30NP2.C5H5.Fe/c1-5-26(6-2)25(4)20(3)23-18-13-19-24(23)27(21-14-9-7-10-15-21)22-16-11-8-12-17-22;1-2-4-5-3-1;/h7-20H,5-6H2,1-4H3;1-5H;/q-1;-5;/t20-;;/m0../s1. The second-order valence-corrected chi connectivity index (χ2v) is 12.8. The molecule has 0 aliphatic carbocycles. The summed E-state index contributed by atoms with van der Waals surface area (Å²) in [5.41, 5.74) is 1.49.